The van der Waals surface area contributed by atoms with Crippen LogP contribution in [0.1, 0.15) is 6.42 Å². The molecule has 0 aromatic heterocycles. The molecule has 18 heavy (non-hydrogen) atoms. The second-order valence-corrected chi connectivity index (χ2v) is 5.45. The maximum absolute atomic E-state index is 11.6. The van der Waals surface area contributed by atoms with Gasteiger partial charge in [-0.1, -0.05) is 0 Å². The number of hydrogen-bond donors (Lipinski definition) is 3. The highest BCUT2D eigenvalue weighted by Gasteiger charge is 2.32. The van der Waals surface area contributed by atoms with Gasteiger partial charge in [-0.25, -0.2) is 0 Å². The van der Waals surface area contributed by atoms with E-state index in [1.54, 1.807) is 0 Å². The van der Waals surface area contributed by atoms with E-state index in [9.17, 15) is 18.3 Å². The summed E-state index contributed by atoms with van der Waals surface area (Å²) >= 11 is 0. The molecule has 0 spiro atoms. The van der Waals surface area contributed by atoms with E-state index in [0.29, 0.717) is 0 Å². The number of nitrogens with zero attached hydrogens (tertiary/aromatic N) is 1. The van der Waals surface area contributed by atoms with Crippen molar-refractivity contribution in [2.24, 2.45) is 0 Å². The summed E-state index contributed by atoms with van der Waals surface area (Å²) in [5.41, 5.74) is 5.78. The van der Waals surface area contributed by atoms with Crippen LogP contribution in [0.4, 0.5) is 11.4 Å². The van der Waals surface area contributed by atoms with Gasteiger partial charge in [-0.15, -0.1) is 0 Å². The van der Waals surface area contributed by atoms with Crippen molar-refractivity contribution >= 4 is 27.4 Å². The number of benzene rings is 1. The fourth-order valence-electron chi connectivity index (χ4n) is 1.89. The molecule has 1 heterocycles. The SMILES string of the molecule is Nc1ccc(S(=O)(=O)O)c(N2CC(O)CC2=O)c1. The first-order valence-electron chi connectivity index (χ1n) is 5.14. The Labute approximate surface area is 104 Å². The summed E-state index contributed by atoms with van der Waals surface area (Å²) in [6.07, 6.45) is -0.937. The number of hydrogen-bond acceptors (Lipinski definition) is 5. The molecule has 4 N–H and O–H groups in total. The average molecular weight is 272 g/mol. The number of anilines is 2. The van der Waals surface area contributed by atoms with Crippen LogP contribution >= 0.6 is 0 Å². The number of carbonyl (C=O) groups excluding carboxylic acids is 1. The number of aliphatic hydroxyl groups is 1. The lowest BCUT2D eigenvalue weighted by molar-refractivity contribution is -0.117. The van der Waals surface area contributed by atoms with Crippen LogP contribution in [0, 0.1) is 0 Å². The maximum Gasteiger partial charge on any atom is 0.296 e. The van der Waals surface area contributed by atoms with Crippen molar-refractivity contribution < 1.29 is 22.9 Å². The predicted octanol–water partition coefficient (Wildman–Crippen LogP) is -0.387. The van der Waals surface area contributed by atoms with Crippen molar-refractivity contribution in [2.45, 2.75) is 17.4 Å². The van der Waals surface area contributed by atoms with Gasteiger partial charge in [-0.3, -0.25) is 9.35 Å². The van der Waals surface area contributed by atoms with E-state index in [1.807, 2.05) is 0 Å². The summed E-state index contributed by atoms with van der Waals surface area (Å²) in [6, 6.07) is 3.71. The van der Waals surface area contributed by atoms with Crippen LogP contribution in [0.15, 0.2) is 23.1 Å². The minimum atomic E-state index is -4.46. The van der Waals surface area contributed by atoms with Crippen LogP contribution in [0.25, 0.3) is 0 Å². The van der Waals surface area contributed by atoms with E-state index in [1.165, 1.54) is 12.1 Å². The summed E-state index contributed by atoms with van der Waals surface area (Å²) < 4.78 is 31.6. The molecule has 0 saturated carbocycles. The molecule has 1 aromatic rings. The monoisotopic (exact) mass is 272 g/mol. The molecule has 1 aliphatic heterocycles. The molecule has 0 aliphatic carbocycles. The fraction of sp³-hybridized carbons (Fsp3) is 0.300. The summed E-state index contributed by atoms with van der Waals surface area (Å²) in [7, 11) is -4.46. The van der Waals surface area contributed by atoms with Crippen molar-refractivity contribution in [2.75, 3.05) is 17.2 Å². The summed E-state index contributed by atoms with van der Waals surface area (Å²) in [6.45, 7) is -0.0230. The van der Waals surface area contributed by atoms with E-state index in [4.69, 9.17) is 10.3 Å². The standard InChI is InChI=1S/C10H12N2O5S/c11-6-1-2-9(18(15,16)17)8(3-6)12-5-7(13)4-10(12)14/h1-3,7,13H,4-5,11H2,(H,15,16,17). The molecule has 2 rings (SSSR count). The number of nitrogen functional groups attached to an aromatic ring is 1. The van der Waals surface area contributed by atoms with Crippen LogP contribution in [-0.2, 0) is 14.9 Å². The topological polar surface area (TPSA) is 121 Å². The second-order valence-electron chi connectivity index (χ2n) is 4.06. The molecule has 1 aromatic carbocycles. The molecular formula is C10H12N2O5S. The largest absolute Gasteiger partial charge is 0.399 e. The quantitative estimate of drug-likeness (QED) is 0.498. The molecule has 0 bridgehead atoms. The molecule has 98 valence electrons. The number of β-amino-alcohol motifs (C(OH)–C–C–N with tert-alkyl or cyclic N) is 1. The first kappa shape index (κ1) is 12.8. The Kier molecular flexibility index (Phi) is 3.01. The van der Waals surface area contributed by atoms with Crippen molar-refractivity contribution in [3.8, 4) is 0 Å². The molecule has 0 radical (unpaired) electrons. The highest BCUT2D eigenvalue weighted by atomic mass is 32.2. The van der Waals surface area contributed by atoms with E-state index < -0.39 is 27.0 Å². The number of amides is 1. The van der Waals surface area contributed by atoms with E-state index in [0.717, 1.165) is 11.0 Å². The molecule has 1 fully saturated rings. The first-order chi connectivity index (χ1) is 8.29. The van der Waals surface area contributed by atoms with Gasteiger partial charge < -0.3 is 15.7 Å². The van der Waals surface area contributed by atoms with Gasteiger partial charge in [-0.2, -0.15) is 8.42 Å². The van der Waals surface area contributed by atoms with E-state index in [-0.39, 0.29) is 24.3 Å². The molecule has 1 saturated heterocycles. The molecule has 1 amide bonds. The Balaban J connectivity index is 2.56. The zero-order valence-electron chi connectivity index (χ0n) is 9.28. The van der Waals surface area contributed by atoms with Crippen molar-refractivity contribution in [3.05, 3.63) is 18.2 Å². The number of carbonyl (C=O) groups is 1. The van der Waals surface area contributed by atoms with Crippen LogP contribution in [0.5, 0.6) is 0 Å². The summed E-state index contributed by atoms with van der Waals surface area (Å²) in [5, 5.41) is 9.39. The minimum Gasteiger partial charge on any atom is -0.399 e. The van der Waals surface area contributed by atoms with Crippen LogP contribution < -0.4 is 10.6 Å². The van der Waals surface area contributed by atoms with Crippen molar-refractivity contribution in [1.29, 1.82) is 0 Å². The summed E-state index contributed by atoms with van der Waals surface area (Å²) in [5.74, 6) is -0.419. The molecule has 1 aliphatic rings. The molecule has 1 atom stereocenters. The van der Waals surface area contributed by atoms with Gasteiger partial charge in [0.1, 0.15) is 4.90 Å². The molecule has 7 nitrogen and oxygen atoms in total. The number of rotatable bonds is 2. The van der Waals surface area contributed by atoms with Gasteiger partial charge in [0.2, 0.25) is 5.91 Å². The third-order valence-electron chi connectivity index (χ3n) is 2.66. The van der Waals surface area contributed by atoms with E-state index >= 15 is 0 Å². The Bertz CT molecular complexity index is 598. The van der Waals surface area contributed by atoms with Gasteiger partial charge >= 0.3 is 0 Å². The van der Waals surface area contributed by atoms with Crippen LogP contribution in [-0.4, -0.2) is 36.6 Å². The third-order valence-corrected chi connectivity index (χ3v) is 3.56. The summed E-state index contributed by atoms with van der Waals surface area (Å²) in [4.78, 5) is 12.3. The Morgan fingerprint density at radius 3 is 2.56 bits per heavy atom. The lowest BCUT2D eigenvalue weighted by Gasteiger charge is -2.19. The zero-order valence-corrected chi connectivity index (χ0v) is 10.1. The molecular weight excluding hydrogens is 260 g/mol. The Hall–Kier alpha value is -1.64. The van der Waals surface area contributed by atoms with Gasteiger partial charge in [-0.05, 0) is 18.2 Å². The average Bonchev–Trinajstić information content (AvgIpc) is 2.55. The van der Waals surface area contributed by atoms with Gasteiger partial charge in [0.05, 0.1) is 24.8 Å². The number of nitrogens with two attached hydrogens (primary N) is 1. The fourth-order valence-corrected chi connectivity index (χ4v) is 2.56. The lowest BCUT2D eigenvalue weighted by atomic mass is 10.2. The van der Waals surface area contributed by atoms with Crippen molar-refractivity contribution in [3.63, 3.8) is 0 Å². The number of aliphatic hydroxyl groups excluding tert-OH is 1. The smallest absolute Gasteiger partial charge is 0.296 e. The second kappa shape index (κ2) is 4.23. The highest BCUT2D eigenvalue weighted by molar-refractivity contribution is 7.86. The lowest BCUT2D eigenvalue weighted by Crippen LogP contribution is -2.27. The zero-order chi connectivity index (χ0) is 13.5. The maximum atomic E-state index is 11.6. The predicted molar refractivity (Wildman–Crippen MR) is 63.6 cm³/mol. The van der Waals surface area contributed by atoms with Gasteiger partial charge in [0.15, 0.2) is 0 Å². The van der Waals surface area contributed by atoms with Crippen LogP contribution in [0.2, 0.25) is 0 Å². The first-order valence-corrected chi connectivity index (χ1v) is 6.58. The third kappa shape index (κ3) is 2.30. The highest BCUT2D eigenvalue weighted by Crippen LogP contribution is 2.30. The van der Waals surface area contributed by atoms with Gasteiger partial charge in [0, 0.05) is 5.69 Å². The van der Waals surface area contributed by atoms with E-state index in [2.05, 4.69) is 0 Å². The molecule has 8 heteroatoms. The Morgan fingerprint density at radius 2 is 2.06 bits per heavy atom. The van der Waals surface area contributed by atoms with Crippen LogP contribution in [0.3, 0.4) is 0 Å². The van der Waals surface area contributed by atoms with Crippen molar-refractivity contribution in [1.82, 2.24) is 0 Å². The minimum absolute atomic E-state index is 0.0148. The Morgan fingerprint density at radius 1 is 1.39 bits per heavy atom. The van der Waals surface area contributed by atoms with Gasteiger partial charge in [0.25, 0.3) is 10.1 Å². The molecule has 1 unspecified atom stereocenters. The normalized spacial score (nSPS) is 20.4.